The number of fused-ring (bicyclic) bond motifs is 1. The highest BCUT2D eigenvalue weighted by Gasteiger charge is 2.22. The molecular weight excluding hydrogens is 399 g/mol. The van der Waals surface area contributed by atoms with Crippen molar-refractivity contribution in [3.63, 3.8) is 0 Å². The molecule has 152 valence electrons. The molecule has 0 aliphatic rings. The van der Waals surface area contributed by atoms with Crippen molar-refractivity contribution in [1.29, 1.82) is 0 Å². The topological polar surface area (TPSA) is 91.3 Å². The van der Waals surface area contributed by atoms with Crippen LogP contribution in [0.1, 0.15) is 16.1 Å². The van der Waals surface area contributed by atoms with Gasteiger partial charge in [-0.25, -0.2) is 18.2 Å². The zero-order valence-corrected chi connectivity index (χ0v) is 15.5. The normalized spacial score (nSPS) is 10.9. The molecule has 0 spiro atoms. The molecule has 4 aromatic rings. The van der Waals surface area contributed by atoms with Gasteiger partial charge in [0.2, 0.25) is 0 Å². The van der Waals surface area contributed by atoms with Gasteiger partial charge in [0.15, 0.2) is 17.3 Å². The van der Waals surface area contributed by atoms with Crippen molar-refractivity contribution in [1.82, 2.24) is 14.6 Å². The number of rotatable bonds is 4. The third kappa shape index (κ3) is 3.62. The van der Waals surface area contributed by atoms with Crippen molar-refractivity contribution in [2.75, 3.05) is 10.6 Å². The molecular formula is C20H14F3N5O2. The van der Waals surface area contributed by atoms with Gasteiger partial charge in [0.25, 0.3) is 11.5 Å². The molecule has 2 aromatic carbocycles. The summed E-state index contributed by atoms with van der Waals surface area (Å²) in [6.07, 6.45) is 0. The molecule has 3 N–H and O–H groups in total. The predicted molar refractivity (Wildman–Crippen MR) is 105 cm³/mol. The Labute approximate surface area is 167 Å². The molecule has 4 rings (SSSR count). The van der Waals surface area contributed by atoms with Crippen molar-refractivity contribution in [2.45, 2.75) is 6.92 Å². The Hall–Kier alpha value is -4.08. The largest absolute Gasteiger partial charge is 0.340 e. The number of aromatic amines is 1. The van der Waals surface area contributed by atoms with Crippen LogP contribution in [-0.2, 0) is 0 Å². The lowest BCUT2D eigenvalue weighted by molar-refractivity contribution is 0.102. The minimum Gasteiger partial charge on any atom is -0.340 e. The van der Waals surface area contributed by atoms with E-state index in [1.165, 1.54) is 36.4 Å². The second-order valence-electron chi connectivity index (χ2n) is 6.47. The first-order valence-corrected chi connectivity index (χ1v) is 8.73. The average Bonchev–Trinajstić information content (AvgIpc) is 3.05. The van der Waals surface area contributed by atoms with Gasteiger partial charge in [0.1, 0.15) is 17.2 Å². The van der Waals surface area contributed by atoms with E-state index in [9.17, 15) is 22.8 Å². The van der Waals surface area contributed by atoms with Crippen LogP contribution in [0.4, 0.5) is 30.4 Å². The van der Waals surface area contributed by atoms with Gasteiger partial charge in [-0.05, 0) is 43.3 Å². The number of nitrogens with zero attached hydrogens (tertiary/aromatic N) is 2. The van der Waals surface area contributed by atoms with E-state index >= 15 is 0 Å². The van der Waals surface area contributed by atoms with E-state index < -0.39 is 28.9 Å². The van der Waals surface area contributed by atoms with Gasteiger partial charge in [-0.2, -0.15) is 4.52 Å². The number of halogens is 3. The SMILES string of the molecule is Cc1cc(=O)n2[nH]c(Nc3ccc(F)c(F)c3)c(C(=O)Nc3ccc(F)cc3)c2n1. The van der Waals surface area contributed by atoms with Gasteiger partial charge >= 0.3 is 0 Å². The molecule has 7 nitrogen and oxygen atoms in total. The smallest absolute Gasteiger partial charge is 0.272 e. The van der Waals surface area contributed by atoms with Crippen LogP contribution in [0.5, 0.6) is 0 Å². The Morgan fingerprint density at radius 2 is 1.70 bits per heavy atom. The van der Waals surface area contributed by atoms with Crippen LogP contribution in [0.2, 0.25) is 0 Å². The van der Waals surface area contributed by atoms with Crippen LogP contribution in [0.25, 0.3) is 5.65 Å². The second kappa shape index (κ2) is 7.39. The minimum absolute atomic E-state index is 0.0321. The first kappa shape index (κ1) is 19.2. The lowest BCUT2D eigenvalue weighted by Gasteiger charge is -2.08. The average molecular weight is 413 g/mol. The zero-order chi connectivity index (χ0) is 21.4. The molecule has 0 saturated heterocycles. The molecule has 2 heterocycles. The first-order valence-electron chi connectivity index (χ1n) is 8.73. The fourth-order valence-corrected chi connectivity index (χ4v) is 2.90. The second-order valence-corrected chi connectivity index (χ2v) is 6.47. The van der Waals surface area contributed by atoms with Crippen LogP contribution in [0.15, 0.2) is 53.3 Å². The summed E-state index contributed by atoms with van der Waals surface area (Å²) in [6.45, 7) is 1.60. The minimum atomic E-state index is -1.08. The van der Waals surface area contributed by atoms with Crippen molar-refractivity contribution in [3.05, 3.63) is 87.6 Å². The van der Waals surface area contributed by atoms with E-state index in [1.54, 1.807) is 6.92 Å². The number of anilines is 3. The van der Waals surface area contributed by atoms with Crippen molar-refractivity contribution in [2.24, 2.45) is 0 Å². The zero-order valence-electron chi connectivity index (χ0n) is 15.5. The molecule has 0 bridgehead atoms. The fraction of sp³-hybridized carbons (Fsp3) is 0.0500. The number of nitrogens with one attached hydrogen (secondary N) is 3. The number of carbonyl (C=O) groups is 1. The standard InChI is InChI=1S/C20H14F3N5O2/c1-10-8-16(29)28-19(24-10)17(20(30)26-12-4-2-11(21)3-5-12)18(27-28)25-13-6-7-14(22)15(23)9-13/h2-9,25,27H,1H3,(H,26,30). The summed E-state index contributed by atoms with van der Waals surface area (Å²) in [7, 11) is 0. The molecule has 1 amide bonds. The van der Waals surface area contributed by atoms with E-state index in [0.29, 0.717) is 11.4 Å². The van der Waals surface area contributed by atoms with Gasteiger partial charge < -0.3 is 10.6 Å². The Morgan fingerprint density at radius 1 is 1.00 bits per heavy atom. The number of carbonyl (C=O) groups excluding carboxylic acids is 1. The summed E-state index contributed by atoms with van der Waals surface area (Å²) < 4.78 is 41.0. The van der Waals surface area contributed by atoms with Crippen molar-refractivity contribution in [3.8, 4) is 0 Å². The third-order valence-electron chi connectivity index (χ3n) is 4.26. The first-order chi connectivity index (χ1) is 14.3. The molecule has 2 aromatic heterocycles. The lowest BCUT2D eigenvalue weighted by Crippen LogP contribution is -2.17. The quantitative estimate of drug-likeness (QED) is 0.475. The number of hydrogen-bond donors (Lipinski definition) is 3. The molecule has 0 aliphatic carbocycles. The van der Waals surface area contributed by atoms with E-state index in [1.807, 2.05) is 0 Å². The van der Waals surface area contributed by atoms with Crippen LogP contribution < -0.4 is 16.2 Å². The molecule has 0 saturated carbocycles. The Morgan fingerprint density at radius 3 is 2.40 bits per heavy atom. The molecule has 0 unspecified atom stereocenters. The summed E-state index contributed by atoms with van der Waals surface area (Å²) >= 11 is 0. The maximum Gasteiger partial charge on any atom is 0.272 e. The highest BCUT2D eigenvalue weighted by atomic mass is 19.2. The Kier molecular flexibility index (Phi) is 4.74. The van der Waals surface area contributed by atoms with Gasteiger partial charge in [0, 0.05) is 29.2 Å². The molecule has 0 aliphatic heterocycles. The summed E-state index contributed by atoms with van der Waals surface area (Å²) in [5.41, 5.74) is 0.367. The molecule has 0 atom stereocenters. The Balaban J connectivity index is 1.81. The maximum atomic E-state index is 13.6. The van der Waals surface area contributed by atoms with E-state index in [-0.39, 0.29) is 22.7 Å². The fourth-order valence-electron chi connectivity index (χ4n) is 2.90. The summed E-state index contributed by atoms with van der Waals surface area (Å²) in [5, 5.41) is 8.08. The van der Waals surface area contributed by atoms with Crippen LogP contribution in [0.3, 0.4) is 0 Å². The third-order valence-corrected chi connectivity index (χ3v) is 4.26. The van der Waals surface area contributed by atoms with Crippen molar-refractivity contribution < 1.29 is 18.0 Å². The number of benzene rings is 2. The number of amides is 1. The van der Waals surface area contributed by atoms with Gasteiger partial charge in [0.05, 0.1) is 0 Å². The highest BCUT2D eigenvalue weighted by Crippen LogP contribution is 2.25. The number of aryl methyl sites for hydroxylation is 1. The van der Waals surface area contributed by atoms with Crippen LogP contribution in [-0.4, -0.2) is 20.5 Å². The van der Waals surface area contributed by atoms with Gasteiger partial charge in [-0.1, -0.05) is 0 Å². The molecule has 0 fully saturated rings. The molecule has 0 radical (unpaired) electrons. The highest BCUT2D eigenvalue weighted by molar-refractivity contribution is 6.12. The lowest BCUT2D eigenvalue weighted by atomic mass is 10.2. The van der Waals surface area contributed by atoms with Crippen molar-refractivity contribution >= 4 is 28.7 Å². The summed E-state index contributed by atoms with van der Waals surface area (Å²) in [4.78, 5) is 29.5. The predicted octanol–water partition coefficient (Wildman–Crippen LogP) is 3.74. The van der Waals surface area contributed by atoms with Crippen LogP contribution >= 0.6 is 0 Å². The number of aromatic nitrogens is 3. The van der Waals surface area contributed by atoms with E-state index in [4.69, 9.17) is 0 Å². The Bertz CT molecular complexity index is 1330. The maximum absolute atomic E-state index is 13.6. The van der Waals surface area contributed by atoms with E-state index in [2.05, 4.69) is 20.7 Å². The monoisotopic (exact) mass is 413 g/mol. The summed E-state index contributed by atoms with van der Waals surface area (Å²) in [5.74, 6) is -3.19. The van der Waals surface area contributed by atoms with Gasteiger partial charge in [-0.3, -0.25) is 14.7 Å². The molecule has 30 heavy (non-hydrogen) atoms. The number of hydrogen-bond acceptors (Lipinski definition) is 4. The van der Waals surface area contributed by atoms with E-state index in [0.717, 1.165) is 16.6 Å². The molecule has 10 heteroatoms. The summed E-state index contributed by atoms with van der Waals surface area (Å²) in [6, 6.07) is 9.47. The van der Waals surface area contributed by atoms with Gasteiger partial charge in [-0.15, -0.1) is 0 Å². The van der Waals surface area contributed by atoms with Crippen LogP contribution in [0, 0.1) is 24.4 Å². The number of H-pyrrole nitrogens is 1.